The van der Waals surface area contributed by atoms with Gasteiger partial charge >= 0.3 is 6.09 Å². The lowest BCUT2D eigenvalue weighted by molar-refractivity contribution is 0.0509. The number of alkyl carbamates (subject to hydrolysis) is 1. The quantitative estimate of drug-likeness (QED) is 0.849. The molecule has 1 amide bonds. The smallest absolute Gasteiger partial charge is 0.408 e. The molecule has 1 fully saturated rings. The van der Waals surface area contributed by atoms with Crippen molar-refractivity contribution < 1.29 is 17.9 Å². The summed E-state index contributed by atoms with van der Waals surface area (Å²) in [6.07, 6.45) is 4.12. The standard InChI is InChI=1S/C12H21NO4S/c1-12(2,3)17-11(14)13-10(9-5-6-9)7-8-18(4,15)16/h7-10H,5-6H2,1-4H3,(H,13,14)/b8-7+/t10-/m0/s1. The molecule has 1 aliphatic rings. The Balaban J connectivity index is 2.59. The summed E-state index contributed by atoms with van der Waals surface area (Å²) in [6.45, 7) is 5.35. The van der Waals surface area contributed by atoms with Crippen molar-refractivity contribution in [3.05, 3.63) is 11.5 Å². The first-order valence-electron chi connectivity index (χ1n) is 5.94. The molecule has 1 N–H and O–H groups in total. The molecular formula is C12H21NO4S. The van der Waals surface area contributed by atoms with Crippen LogP contribution in [0.2, 0.25) is 0 Å². The zero-order valence-corrected chi connectivity index (χ0v) is 12.1. The normalized spacial score (nSPS) is 18.7. The fraction of sp³-hybridized carbons (Fsp3) is 0.750. The van der Waals surface area contributed by atoms with Crippen LogP contribution in [-0.2, 0) is 14.6 Å². The van der Waals surface area contributed by atoms with Crippen LogP contribution in [0, 0.1) is 5.92 Å². The lowest BCUT2D eigenvalue weighted by atomic mass is 10.2. The maximum atomic E-state index is 11.6. The SMILES string of the molecule is CC(C)(C)OC(=O)N[C@@H](/C=C/S(C)(=O)=O)C1CC1. The van der Waals surface area contributed by atoms with Gasteiger partial charge in [0.25, 0.3) is 0 Å². The van der Waals surface area contributed by atoms with E-state index in [1.807, 2.05) is 0 Å². The van der Waals surface area contributed by atoms with Crippen molar-refractivity contribution in [3.63, 3.8) is 0 Å². The maximum absolute atomic E-state index is 11.6. The largest absolute Gasteiger partial charge is 0.444 e. The molecule has 1 atom stereocenters. The molecule has 0 aliphatic heterocycles. The summed E-state index contributed by atoms with van der Waals surface area (Å²) in [4.78, 5) is 11.6. The summed E-state index contributed by atoms with van der Waals surface area (Å²) in [6, 6.07) is -0.269. The van der Waals surface area contributed by atoms with Gasteiger partial charge in [-0.2, -0.15) is 0 Å². The van der Waals surface area contributed by atoms with Crippen LogP contribution in [0.4, 0.5) is 4.79 Å². The Morgan fingerprint density at radius 2 is 1.94 bits per heavy atom. The second-order valence-corrected chi connectivity index (χ2v) is 7.60. The van der Waals surface area contributed by atoms with Crippen LogP contribution in [0.5, 0.6) is 0 Å². The van der Waals surface area contributed by atoms with Crippen LogP contribution >= 0.6 is 0 Å². The van der Waals surface area contributed by atoms with Gasteiger partial charge in [0.1, 0.15) is 5.60 Å². The van der Waals surface area contributed by atoms with Gasteiger partial charge < -0.3 is 10.1 Å². The fourth-order valence-electron chi connectivity index (χ4n) is 1.45. The summed E-state index contributed by atoms with van der Waals surface area (Å²) in [5.74, 6) is 0.315. The van der Waals surface area contributed by atoms with Gasteiger partial charge in [0.05, 0.1) is 6.04 Å². The Morgan fingerprint density at radius 1 is 1.39 bits per heavy atom. The third kappa shape index (κ3) is 6.64. The maximum Gasteiger partial charge on any atom is 0.408 e. The highest BCUT2D eigenvalue weighted by molar-refractivity contribution is 7.93. The number of nitrogens with one attached hydrogen (secondary N) is 1. The van der Waals surface area contributed by atoms with Gasteiger partial charge in [-0.3, -0.25) is 0 Å². The second kappa shape index (κ2) is 5.30. The number of rotatable bonds is 4. The van der Waals surface area contributed by atoms with Crippen molar-refractivity contribution in [3.8, 4) is 0 Å². The Morgan fingerprint density at radius 3 is 2.33 bits per heavy atom. The molecule has 0 unspecified atom stereocenters. The van der Waals surface area contributed by atoms with Crippen molar-refractivity contribution in [2.45, 2.75) is 45.3 Å². The molecule has 104 valence electrons. The Kier molecular flexibility index (Phi) is 4.42. The van der Waals surface area contributed by atoms with E-state index in [0.717, 1.165) is 24.5 Å². The van der Waals surface area contributed by atoms with E-state index in [1.165, 1.54) is 6.08 Å². The third-order valence-corrected chi connectivity index (χ3v) is 3.00. The number of hydrogen-bond acceptors (Lipinski definition) is 4. The van der Waals surface area contributed by atoms with Gasteiger partial charge in [-0.05, 0) is 39.5 Å². The van der Waals surface area contributed by atoms with E-state index >= 15 is 0 Å². The molecule has 0 spiro atoms. The van der Waals surface area contributed by atoms with E-state index in [4.69, 9.17) is 4.74 Å². The molecule has 0 saturated heterocycles. The highest BCUT2D eigenvalue weighted by atomic mass is 32.2. The van der Waals surface area contributed by atoms with E-state index in [-0.39, 0.29) is 6.04 Å². The molecule has 0 radical (unpaired) electrons. The molecule has 1 rings (SSSR count). The third-order valence-electron chi connectivity index (χ3n) is 2.35. The van der Waals surface area contributed by atoms with Crippen molar-refractivity contribution in [1.82, 2.24) is 5.32 Å². The minimum atomic E-state index is -3.17. The highest BCUT2D eigenvalue weighted by Crippen LogP contribution is 2.33. The average molecular weight is 275 g/mol. The van der Waals surface area contributed by atoms with Crippen molar-refractivity contribution >= 4 is 15.9 Å². The Hall–Kier alpha value is -1.04. The van der Waals surface area contributed by atoms with Crippen LogP contribution in [-0.4, -0.2) is 32.4 Å². The lowest BCUT2D eigenvalue weighted by Crippen LogP contribution is -2.39. The van der Waals surface area contributed by atoms with Crippen molar-refractivity contribution in [2.24, 2.45) is 5.92 Å². The molecule has 0 aromatic rings. The number of sulfone groups is 1. The number of carbonyl (C=O) groups is 1. The van der Waals surface area contributed by atoms with Gasteiger partial charge in [-0.1, -0.05) is 6.08 Å². The van der Waals surface area contributed by atoms with Crippen LogP contribution in [0.1, 0.15) is 33.6 Å². The second-order valence-electron chi connectivity index (χ2n) is 5.67. The van der Waals surface area contributed by atoms with Crippen LogP contribution in [0.3, 0.4) is 0 Å². The molecule has 0 aromatic heterocycles. The summed E-state index contributed by atoms with van der Waals surface area (Å²) in [7, 11) is -3.17. The average Bonchev–Trinajstić information content (AvgIpc) is 2.90. The first-order valence-corrected chi connectivity index (χ1v) is 7.90. The monoisotopic (exact) mass is 275 g/mol. The summed E-state index contributed by atoms with van der Waals surface area (Å²) in [5.41, 5.74) is -0.557. The summed E-state index contributed by atoms with van der Waals surface area (Å²) >= 11 is 0. The molecule has 0 heterocycles. The zero-order valence-electron chi connectivity index (χ0n) is 11.3. The number of ether oxygens (including phenoxy) is 1. The first kappa shape index (κ1) is 15.0. The van der Waals surface area contributed by atoms with E-state index in [2.05, 4.69) is 5.32 Å². The molecular weight excluding hydrogens is 254 g/mol. The van der Waals surface area contributed by atoms with Crippen LogP contribution in [0.15, 0.2) is 11.5 Å². The first-order chi connectivity index (χ1) is 8.07. The molecule has 1 saturated carbocycles. The highest BCUT2D eigenvalue weighted by Gasteiger charge is 2.32. The minimum absolute atomic E-state index is 0.269. The number of hydrogen-bond donors (Lipinski definition) is 1. The van der Waals surface area contributed by atoms with E-state index in [0.29, 0.717) is 5.92 Å². The van der Waals surface area contributed by atoms with E-state index in [1.54, 1.807) is 20.8 Å². The van der Waals surface area contributed by atoms with E-state index < -0.39 is 21.5 Å². The molecule has 6 heteroatoms. The molecule has 1 aliphatic carbocycles. The molecule has 5 nitrogen and oxygen atoms in total. The Bertz CT molecular complexity index is 429. The van der Waals surface area contributed by atoms with Crippen LogP contribution in [0.25, 0.3) is 0 Å². The van der Waals surface area contributed by atoms with Gasteiger partial charge in [-0.25, -0.2) is 13.2 Å². The predicted octanol–water partition coefficient (Wildman–Crippen LogP) is 1.85. The van der Waals surface area contributed by atoms with Crippen molar-refractivity contribution in [1.29, 1.82) is 0 Å². The van der Waals surface area contributed by atoms with Crippen LogP contribution < -0.4 is 5.32 Å². The molecule has 0 aromatic carbocycles. The van der Waals surface area contributed by atoms with Gasteiger partial charge in [0, 0.05) is 11.7 Å². The zero-order chi connectivity index (χ0) is 14.0. The fourth-order valence-corrected chi connectivity index (χ4v) is 1.90. The summed E-state index contributed by atoms with van der Waals surface area (Å²) < 4.78 is 27.3. The molecule has 0 bridgehead atoms. The minimum Gasteiger partial charge on any atom is -0.444 e. The topological polar surface area (TPSA) is 72.5 Å². The molecule has 18 heavy (non-hydrogen) atoms. The lowest BCUT2D eigenvalue weighted by Gasteiger charge is -2.22. The Labute approximate surface area is 109 Å². The summed E-state index contributed by atoms with van der Waals surface area (Å²) in [5, 5.41) is 3.83. The van der Waals surface area contributed by atoms with E-state index in [9.17, 15) is 13.2 Å². The van der Waals surface area contributed by atoms with Gasteiger partial charge in [0.15, 0.2) is 9.84 Å². The number of carbonyl (C=O) groups excluding carboxylic acids is 1. The van der Waals surface area contributed by atoms with Gasteiger partial charge in [-0.15, -0.1) is 0 Å². The number of amides is 1. The van der Waals surface area contributed by atoms with Gasteiger partial charge in [0.2, 0.25) is 0 Å². The predicted molar refractivity (Wildman–Crippen MR) is 69.9 cm³/mol. The van der Waals surface area contributed by atoms with Crippen molar-refractivity contribution in [2.75, 3.05) is 6.26 Å².